The smallest absolute Gasteiger partial charge is 0.435 e. The molecule has 2 heterocycles. The number of aryl methyl sites for hydroxylation is 1. The van der Waals surface area contributed by atoms with Gasteiger partial charge in [-0.15, -0.1) is 0 Å². The highest BCUT2D eigenvalue weighted by Gasteiger charge is 2.35. The number of aromatic nitrogens is 3. The third-order valence-corrected chi connectivity index (χ3v) is 6.20. The van der Waals surface area contributed by atoms with E-state index in [9.17, 15) is 18.0 Å². The van der Waals surface area contributed by atoms with E-state index in [4.69, 9.17) is 20.9 Å². The van der Waals surface area contributed by atoms with Gasteiger partial charge in [0.2, 0.25) is 0 Å². The number of esters is 1. The molecule has 0 aliphatic rings. The van der Waals surface area contributed by atoms with E-state index in [0.29, 0.717) is 28.3 Å². The molecule has 6 nitrogen and oxygen atoms in total. The fourth-order valence-corrected chi connectivity index (χ4v) is 4.13. The lowest BCUT2D eigenvalue weighted by Crippen LogP contribution is -2.07. The minimum Gasteiger partial charge on any atom is -0.457 e. The number of carbonyl (C=O) groups excluding carboxylic acids is 1. The zero-order valence-electron chi connectivity index (χ0n) is 19.9. The second kappa shape index (κ2) is 10.2. The molecule has 0 saturated carbocycles. The van der Waals surface area contributed by atoms with E-state index in [-0.39, 0.29) is 22.9 Å². The largest absolute Gasteiger partial charge is 0.457 e. The normalized spacial score (nSPS) is 11.5. The fourth-order valence-electron chi connectivity index (χ4n) is 3.91. The Kier molecular flexibility index (Phi) is 6.77. The maximum absolute atomic E-state index is 13.5. The number of rotatable bonds is 6. The van der Waals surface area contributed by atoms with Gasteiger partial charge in [0.25, 0.3) is 0 Å². The Morgan fingerprint density at radius 2 is 1.66 bits per heavy atom. The molecule has 0 bridgehead atoms. The van der Waals surface area contributed by atoms with E-state index in [1.165, 1.54) is 24.3 Å². The summed E-state index contributed by atoms with van der Waals surface area (Å²) in [6.45, 7) is 1.67. The van der Waals surface area contributed by atoms with Crippen LogP contribution >= 0.6 is 11.6 Å². The summed E-state index contributed by atoms with van der Waals surface area (Å²) < 4.78 is 52.3. The summed E-state index contributed by atoms with van der Waals surface area (Å²) in [5.74, 6) is -0.0768. The monoisotopic (exact) mass is 537 g/mol. The molecule has 0 radical (unpaired) electrons. The summed E-state index contributed by atoms with van der Waals surface area (Å²) in [7, 11) is 0. The van der Waals surface area contributed by atoms with Crippen molar-refractivity contribution in [1.29, 1.82) is 0 Å². The molecule has 5 aromatic rings. The Bertz CT molecular complexity index is 1590. The number of hydrogen-bond acceptors (Lipinski definition) is 5. The first-order chi connectivity index (χ1) is 18.2. The molecule has 2 aromatic heterocycles. The number of halogens is 4. The van der Waals surface area contributed by atoms with Crippen LogP contribution in [0.4, 0.5) is 13.2 Å². The Morgan fingerprint density at radius 3 is 2.34 bits per heavy atom. The molecule has 0 aliphatic heterocycles. The highest BCUT2D eigenvalue weighted by atomic mass is 35.5. The summed E-state index contributed by atoms with van der Waals surface area (Å²) in [6, 6.07) is 22.8. The number of hydrogen-bond donors (Lipinski definition) is 0. The topological polar surface area (TPSA) is 70.2 Å². The minimum absolute atomic E-state index is 0.0611. The lowest BCUT2D eigenvalue weighted by Gasteiger charge is -2.10. The number of para-hydroxylation sites is 1. The van der Waals surface area contributed by atoms with E-state index in [1.54, 1.807) is 31.2 Å². The Labute approximate surface area is 220 Å². The van der Waals surface area contributed by atoms with Crippen molar-refractivity contribution in [2.24, 2.45) is 0 Å². The van der Waals surface area contributed by atoms with Gasteiger partial charge < -0.3 is 9.26 Å². The predicted octanol–water partition coefficient (Wildman–Crippen LogP) is 7.53. The second-order valence-corrected chi connectivity index (χ2v) is 8.77. The third kappa shape index (κ3) is 5.05. The van der Waals surface area contributed by atoms with Crippen LogP contribution in [0.5, 0.6) is 0 Å². The van der Waals surface area contributed by atoms with Gasteiger partial charge in [0, 0.05) is 11.1 Å². The van der Waals surface area contributed by atoms with Crippen LogP contribution in [0.15, 0.2) is 89.5 Å². The van der Waals surface area contributed by atoms with Gasteiger partial charge in [-0.25, -0.2) is 9.48 Å². The van der Waals surface area contributed by atoms with E-state index >= 15 is 0 Å². The van der Waals surface area contributed by atoms with Crippen molar-refractivity contribution in [3.05, 3.63) is 113 Å². The Hall–Kier alpha value is -4.37. The maximum atomic E-state index is 13.5. The van der Waals surface area contributed by atoms with E-state index in [2.05, 4.69) is 10.3 Å². The van der Waals surface area contributed by atoms with E-state index in [0.717, 1.165) is 16.3 Å². The number of alkyl halides is 3. The van der Waals surface area contributed by atoms with Crippen LogP contribution < -0.4 is 0 Å². The Balaban J connectivity index is 1.39. The summed E-state index contributed by atoms with van der Waals surface area (Å²) >= 11 is 6.23. The second-order valence-electron chi connectivity index (χ2n) is 8.36. The average molecular weight is 538 g/mol. The molecule has 0 saturated heterocycles. The predicted molar refractivity (Wildman–Crippen MR) is 135 cm³/mol. The lowest BCUT2D eigenvalue weighted by atomic mass is 10.1. The van der Waals surface area contributed by atoms with Gasteiger partial charge in [-0.3, -0.25) is 0 Å². The third-order valence-electron chi connectivity index (χ3n) is 5.88. The van der Waals surface area contributed by atoms with Crippen LogP contribution in [0.2, 0.25) is 5.02 Å². The summed E-state index contributed by atoms with van der Waals surface area (Å²) in [6.07, 6.45) is -4.65. The van der Waals surface area contributed by atoms with Gasteiger partial charge in [-0.2, -0.15) is 18.3 Å². The van der Waals surface area contributed by atoms with Gasteiger partial charge in [0.05, 0.1) is 27.5 Å². The highest BCUT2D eigenvalue weighted by Crippen LogP contribution is 2.35. The molecule has 5 rings (SSSR count). The molecule has 0 unspecified atom stereocenters. The molecule has 10 heteroatoms. The zero-order chi connectivity index (χ0) is 26.9. The van der Waals surface area contributed by atoms with Crippen molar-refractivity contribution in [3.8, 4) is 28.2 Å². The fraction of sp³-hybridized carbons (Fsp3) is 0.107. The molecule has 0 fully saturated rings. The van der Waals surface area contributed by atoms with E-state index < -0.39 is 17.8 Å². The van der Waals surface area contributed by atoms with Gasteiger partial charge >= 0.3 is 12.1 Å². The summed E-state index contributed by atoms with van der Waals surface area (Å²) in [4.78, 5) is 12.8. The van der Waals surface area contributed by atoms with Crippen molar-refractivity contribution in [3.63, 3.8) is 0 Å². The van der Waals surface area contributed by atoms with Gasteiger partial charge in [-0.1, -0.05) is 71.4 Å². The molecule has 38 heavy (non-hydrogen) atoms. The number of nitrogens with zero attached hydrogens (tertiary/aromatic N) is 3. The standard InChI is InChI=1S/C28H19ClF3N3O3/c1-17-21(26(34-38-17)19-7-3-2-4-8-19)16-37-27(36)20-13-11-18(12-14-20)24-15-25(28(30,31)32)33-35(24)23-10-6-5-9-22(23)29/h2-15H,16H2,1H3. The molecule has 0 aliphatic carbocycles. The summed E-state index contributed by atoms with van der Waals surface area (Å²) in [5, 5.41) is 8.06. The van der Waals surface area contributed by atoms with Crippen LogP contribution in [0.3, 0.4) is 0 Å². The molecule has 192 valence electrons. The molecule has 0 spiro atoms. The van der Waals surface area contributed by atoms with Crippen molar-refractivity contribution >= 4 is 17.6 Å². The van der Waals surface area contributed by atoms with Crippen molar-refractivity contribution in [1.82, 2.24) is 14.9 Å². The summed E-state index contributed by atoms with van der Waals surface area (Å²) in [5.41, 5.74) is 2.08. The molecule has 0 amide bonds. The molecule has 0 N–H and O–H groups in total. The maximum Gasteiger partial charge on any atom is 0.435 e. The van der Waals surface area contributed by atoms with Gasteiger partial charge in [-0.05, 0) is 37.3 Å². The van der Waals surface area contributed by atoms with Gasteiger partial charge in [0.15, 0.2) is 5.69 Å². The molecular formula is C28H19ClF3N3O3. The molecular weight excluding hydrogens is 519 g/mol. The van der Waals surface area contributed by atoms with Crippen LogP contribution in [-0.2, 0) is 17.5 Å². The van der Waals surface area contributed by atoms with Crippen LogP contribution in [-0.4, -0.2) is 20.9 Å². The quantitative estimate of drug-likeness (QED) is 0.209. The molecule has 3 aromatic carbocycles. The number of carbonyl (C=O) groups is 1. The van der Waals surface area contributed by atoms with Crippen LogP contribution in [0.25, 0.3) is 28.2 Å². The first-order valence-corrected chi connectivity index (χ1v) is 11.8. The van der Waals surface area contributed by atoms with Crippen molar-refractivity contribution in [2.75, 3.05) is 0 Å². The minimum atomic E-state index is -4.65. The Morgan fingerprint density at radius 1 is 0.974 bits per heavy atom. The van der Waals surface area contributed by atoms with Gasteiger partial charge in [0.1, 0.15) is 18.1 Å². The first-order valence-electron chi connectivity index (χ1n) is 11.4. The number of benzene rings is 3. The zero-order valence-corrected chi connectivity index (χ0v) is 20.6. The van der Waals surface area contributed by atoms with Crippen LogP contribution in [0, 0.1) is 6.92 Å². The van der Waals surface area contributed by atoms with E-state index in [1.807, 2.05) is 30.3 Å². The number of ether oxygens (including phenoxy) is 1. The highest BCUT2D eigenvalue weighted by molar-refractivity contribution is 6.32. The SMILES string of the molecule is Cc1onc(-c2ccccc2)c1COC(=O)c1ccc(-c2cc(C(F)(F)F)nn2-c2ccccc2Cl)cc1. The molecule has 0 atom stereocenters. The van der Waals surface area contributed by atoms with Crippen LogP contribution in [0.1, 0.15) is 27.4 Å². The average Bonchev–Trinajstić information content (AvgIpc) is 3.52. The lowest BCUT2D eigenvalue weighted by molar-refractivity contribution is -0.141. The van der Waals surface area contributed by atoms with Crippen molar-refractivity contribution in [2.45, 2.75) is 19.7 Å². The first kappa shape index (κ1) is 25.3. The van der Waals surface area contributed by atoms with Crippen molar-refractivity contribution < 1.29 is 27.2 Å².